The summed E-state index contributed by atoms with van der Waals surface area (Å²) < 4.78 is 6.94. The highest BCUT2D eigenvalue weighted by molar-refractivity contribution is 6.31. The van der Waals surface area contributed by atoms with Crippen LogP contribution in [0.15, 0.2) is 59.4 Å². The molecule has 1 aromatic heterocycles. The number of benzene rings is 2. The first kappa shape index (κ1) is 25.0. The van der Waals surface area contributed by atoms with E-state index in [0.717, 1.165) is 16.6 Å². The van der Waals surface area contributed by atoms with Crippen LogP contribution < -0.4 is 11.3 Å². The molecule has 7 heteroatoms. The van der Waals surface area contributed by atoms with Crippen LogP contribution in [0.1, 0.15) is 37.6 Å². The third-order valence-corrected chi connectivity index (χ3v) is 5.98. The molecule has 0 saturated heterocycles. The van der Waals surface area contributed by atoms with Crippen molar-refractivity contribution >= 4 is 28.3 Å². The molecule has 3 rings (SSSR count). The van der Waals surface area contributed by atoms with Gasteiger partial charge in [0.05, 0.1) is 12.6 Å². The van der Waals surface area contributed by atoms with Crippen LogP contribution in [0, 0.1) is 5.92 Å². The molecule has 0 spiro atoms. The third kappa shape index (κ3) is 5.82. The summed E-state index contributed by atoms with van der Waals surface area (Å²) in [5, 5.41) is 1.92. The molecule has 1 amide bonds. The minimum Gasteiger partial charge on any atom is -0.375 e. The summed E-state index contributed by atoms with van der Waals surface area (Å²) in [7, 11) is 1.51. The van der Waals surface area contributed by atoms with Gasteiger partial charge in [0.25, 0.3) is 5.56 Å². The maximum atomic E-state index is 13.7. The summed E-state index contributed by atoms with van der Waals surface area (Å²) in [5.41, 5.74) is 7.45. The van der Waals surface area contributed by atoms with Crippen molar-refractivity contribution in [2.45, 2.75) is 32.9 Å². The minimum atomic E-state index is -0.334. The average Bonchev–Trinajstić information content (AvgIpc) is 2.79. The molecule has 0 saturated carbocycles. The predicted octanol–water partition coefficient (Wildman–Crippen LogP) is 4.22. The molecule has 0 fully saturated rings. The Morgan fingerprint density at radius 2 is 1.88 bits per heavy atom. The van der Waals surface area contributed by atoms with Crippen LogP contribution in [0.25, 0.3) is 10.8 Å². The monoisotopic (exact) mass is 469 g/mol. The maximum Gasteiger partial charge on any atom is 0.259 e. The molecule has 3 aromatic rings. The average molecular weight is 470 g/mol. The van der Waals surface area contributed by atoms with E-state index in [4.69, 9.17) is 22.1 Å². The van der Waals surface area contributed by atoms with Gasteiger partial charge < -0.3 is 19.9 Å². The second-order valence-corrected chi connectivity index (χ2v) is 8.97. The van der Waals surface area contributed by atoms with Crippen molar-refractivity contribution in [3.8, 4) is 0 Å². The fraction of sp³-hybridized carbons (Fsp3) is 0.385. The molecular weight excluding hydrogens is 438 g/mol. The fourth-order valence-electron chi connectivity index (χ4n) is 4.27. The molecule has 0 aliphatic heterocycles. The largest absolute Gasteiger partial charge is 0.375 e. The highest BCUT2D eigenvalue weighted by Gasteiger charge is 2.30. The van der Waals surface area contributed by atoms with Gasteiger partial charge in [0.2, 0.25) is 5.91 Å². The summed E-state index contributed by atoms with van der Waals surface area (Å²) in [6.45, 7) is 5.43. The molecule has 1 unspecified atom stereocenters. The molecule has 1 heterocycles. The number of ether oxygens (including phenoxy) is 1. The van der Waals surface area contributed by atoms with Crippen LogP contribution in [0.3, 0.4) is 0 Å². The molecule has 6 nitrogen and oxygen atoms in total. The van der Waals surface area contributed by atoms with E-state index in [1.54, 1.807) is 27.7 Å². The lowest BCUT2D eigenvalue weighted by Gasteiger charge is -2.36. The number of methoxy groups -OCH3 is 1. The zero-order chi connectivity index (χ0) is 24.0. The van der Waals surface area contributed by atoms with Crippen LogP contribution >= 0.6 is 11.6 Å². The molecule has 2 aromatic carbocycles. The summed E-state index contributed by atoms with van der Waals surface area (Å²) >= 11 is 6.25. The van der Waals surface area contributed by atoms with Crippen molar-refractivity contribution in [2.75, 3.05) is 26.8 Å². The number of amides is 1. The first-order chi connectivity index (χ1) is 15.9. The molecule has 1 atom stereocenters. The van der Waals surface area contributed by atoms with Gasteiger partial charge in [-0.05, 0) is 54.1 Å². The lowest BCUT2D eigenvalue weighted by molar-refractivity contribution is -0.139. The van der Waals surface area contributed by atoms with E-state index in [1.165, 1.54) is 7.11 Å². The third-order valence-electron chi connectivity index (χ3n) is 5.75. The van der Waals surface area contributed by atoms with E-state index in [1.807, 2.05) is 36.4 Å². The van der Waals surface area contributed by atoms with Gasteiger partial charge in [-0.25, -0.2) is 0 Å². The lowest BCUT2D eigenvalue weighted by atomic mass is 9.95. The van der Waals surface area contributed by atoms with Crippen molar-refractivity contribution in [2.24, 2.45) is 11.7 Å². The number of hydrogen-bond donors (Lipinski definition) is 1. The van der Waals surface area contributed by atoms with Crippen molar-refractivity contribution in [1.82, 2.24) is 9.47 Å². The maximum absolute atomic E-state index is 13.7. The molecule has 0 aliphatic rings. The van der Waals surface area contributed by atoms with Crippen molar-refractivity contribution in [1.29, 1.82) is 0 Å². The first-order valence-electron chi connectivity index (χ1n) is 11.2. The van der Waals surface area contributed by atoms with E-state index in [2.05, 4.69) is 13.8 Å². The van der Waals surface area contributed by atoms with Crippen LogP contribution in [0.5, 0.6) is 0 Å². The molecule has 0 aliphatic carbocycles. The highest BCUT2D eigenvalue weighted by atomic mass is 35.5. The highest BCUT2D eigenvalue weighted by Crippen LogP contribution is 2.31. The molecule has 0 bridgehead atoms. The van der Waals surface area contributed by atoms with Crippen molar-refractivity contribution in [3.05, 3.63) is 81.2 Å². The standard InChI is InChI=1S/C26H32ClN3O3/c1-18(2)25(29(13-7-12-28)24(31)17-33-3)23-15-20-14-21(27)10-11-22(20)26(32)30(23)16-19-8-5-4-6-9-19/h4-6,8-11,14-15,18,25H,7,12-13,16-17,28H2,1-3H3. The van der Waals surface area contributed by atoms with Gasteiger partial charge >= 0.3 is 0 Å². The number of carbonyl (C=O) groups is 1. The minimum absolute atomic E-state index is 0.0316. The Hall–Kier alpha value is -2.67. The topological polar surface area (TPSA) is 77.6 Å². The Labute approximate surface area is 199 Å². The van der Waals surface area contributed by atoms with E-state index < -0.39 is 0 Å². The van der Waals surface area contributed by atoms with Gasteiger partial charge in [-0.1, -0.05) is 55.8 Å². The molecule has 2 N–H and O–H groups in total. The lowest BCUT2D eigenvalue weighted by Crippen LogP contribution is -2.43. The van der Waals surface area contributed by atoms with Crippen molar-refractivity contribution < 1.29 is 9.53 Å². The van der Waals surface area contributed by atoms with Gasteiger partial charge in [-0.3, -0.25) is 9.59 Å². The van der Waals surface area contributed by atoms with Gasteiger partial charge in [-0.2, -0.15) is 0 Å². The Bertz CT molecular complexity index is 1140. The van der Waals surface area contributed by atoms with E-state index in [0.29, 0.717) is 36.5 Å². The smallest absolute Gasteiger partial charge is 0.259 e. The number of rotatable bonds is 10. The SMILES string of the molecule is COCC(=O)N(CCCN)C(c1cc2cc(Cl)ccc2c(=O)n1Cc1ccccc1)C(C)C. The Morgan fingerprint density at radius 1 is 1.15 bits per heavy atom. The predicted molar refractivity (Wildman–Crippen MR) is 134 cm³/mol. The number of nitrogens with zero attached hydrogens (tertiary/aromatic N) is 2. The Kier molecular flexibility index (Phi) is 8.67. The first-order valence-corrected chi connectivity index (χ1v) is 11.6. The summed E-state index contributed by atoms with van der Waals surface area (Å²) in [6, 6.07) is 16.8. The second kappa shape index (κ2) is 11.5. The number of halogens is 1. The van der Waals surface area contributed by atoms with Crippen LogP contribution in [0.2, 0.25) is 5.02 Å². The second-order valence-electron chi connectivity index (χ2n) is 8.53. The van der Waals surface area contributed by atoms with Crippen LogP contribution in [-0.4, -0.2) is 42.2 Å². The summed E-state index contributed by atoms with van der Waals surface area (Å²) in [6.07, 6.45) is 0.654. The van der Waals surface area contributed by atoms with Crippen LogP contribution in [0.4, 0.5) is 0 Å². The number of fused-ring (bicyclic) bond motifs is 1. The Morgan fingerprint density at radius 3 is 2.52 bits per heavy atom. The molecule has 176 valence electrons. The van der Waals surface area contributed by atoms with Crippen LogP contribution in [-0.2, 0) is 16.1 Å². The van der Waals surface area contributed by atoms with E-state index in [9.17, 15) is 9.59 Å². The van der Waals surface area contributed by atoms with Gasteiger partial charge in [0, 0.05) is 29.8 Å². The zero-order valence-corrected chi connectivity index (χ0v) is 20.2. The molecule has 33 heavy (non-hydrogen) atoms. The number of hydrogen-bond acceptors (Lipinski definition) is 4. The van der Waals surface area contributed by atoms with Gasteiger partial charge in [0.1, 0.15) is 6.61 Å². The summed E-state index contributed by atoms with van der Waals surface area (Å²) in [5.74, 6) is -0.0869. The van der Waals surface area contributed by atoms with E-state index in [-0.39, 0.29) is 30.0 Å². The number of nitrogens with two attached hydrogens (primary N) is 1. The zero-order valence-electron chi connectivity index (χ0n) is 19.5. The number of pyridine rings is 1. The Balaban J connectivity index is 2.25. The molecule has 0 radical (unpaired) electrons. The van der Waals surface area contributed by atoms with E-state index >= 15 is 0 Å². The number of carbonyl (C=O) groups excluding carboxylic acids is 1. The normalized spacial score (nSPS) is 12.3. The quantitative estimate of drug-likeness (QED) is 0.482. The van der Waals surface area contributed by atoms with Gasteiger partial charge in [0.15, 0.2) is 0 Å². The molecular formula is C26H32ClN3O3. The van der Waals surface area contributed by atoms with Gasteiger partial charge in [-0.15, -0.1) is 0 Å². The summed E-state index contributed by atoms with van der Waals surface area (Å²) in [4.78, 5) is 28.6. The fourth-order valence-corrected chi connectivity index (χ4v) is 4.45. The number of aromatic nitrogens is 1. The van der Waals surface area contributed by atoms with Crippen molar-refractivity contribution in [3.63, 3.8) is 0 Å².